The number of benzene rings is 1. The van der Waals surface area contributed by atoms with Gasteiger partial charge in [-0.15, -0.1) is 0 Å². The van der Waals surface area contributed by atoms with Crippen LogP contribution in [0.2, 0.25) is 0 Å². The molecule has 0 saturated carbocycles. The summed E-state index contributed by atoms with van der Waals surface area (Å²) in [5.74, 6) is 1.74. The highest BCUT2D eigenvalue weighted by Crippen LogP contribution is 2.30. The maximum Gasteiger partial charge on any atom is 0.277 e. The third-order valence-electron chi connectivity index (χ3n) is 4.08. The fourth-order valence-corrected chi connectivity index (χ4v) is 2.76. The first-order valence-electron chi connectivity index (χ1n) is 7.90. The molecule has 1 aromatic heterocycles. The maximum atomic E-state index is 12.3. The number of carbonyl (C=O) groups is 1. The molecule has 1 amide bonds. The van der Waals surface area contributed by atoms with Crippen LogP contribution in [0.3, 0.4) is 0 Å². The number of aromatic nitrogens is 1. The molecule has 1 saturated heterocycles. The highest BCUT2D eigenvalue weighted by Gasteiger charge is 2.22. The molecule has 24 heavy (non-hydrogen) atoms. The van der Waals surface area contributed by atoms with Crippen LogP contribution >= 0.6 is 0 Å². The first-order valence-corrected chi connectivity index (χ1v) is 7.90. The average Bonchev–Trinajstić information content (AvgIpc) is 3.12. The number of carbonyl (C=O) groups excluding carboxylic acids is 1. The molecule has 2 N–H and O–H groups in total. The second-order valence-corrected chi connectivity index (χ2v) is 5.62. The van der Waals surface area contributed by atoms with Crippen LogP contribution in [-0.4, -0.2) is 38.2 Å². The fraction of sp³-hybridized carbons (Fsp3) is 0.412. The van der Waals surface area contributed by atoms with E-state index in [1.54, 1.807) is 32.4 Å². The van der Waals surface area contributed by atoms with Crippen molar-refractivity contribution in [3.05, 3.63) is 36.0 Å². The SMILES string of the molecule is COc1ccc(NC(=O)c2coc(C3CCNCC3)n2)cc1OC. The molecule has 128 valence electrons. The number of piperidine rings is 1. The van der Waals surface area contributed by atoms with E-state index in [1.807, 2.05) is 0 Å². The van der Waals surface area contributed by atoms with E-state index in [0.717, 1.165) is 25.9 Å². The number of hydrogen-bond donors (Lipinski definition) is 2. The highest BCUT2D eigenvalue weighted by molar-refractivity contribution is 6.02. The van der Waals surface area contributed by atoms with Crippen molar-refractivity contribution in [2.24, 2.45) is 0 Å². The summed E-state index contributed by atoms with van der Waals surface area (Å²) in [6, 6.07) is 5.18. The van der Waals surface area contributed by atoms with Gasteiger partial charge in [0.05, 0.1) is 14.2 Å². The Bertz CT molecular complexity index is 708. The largest absolute Gasteiger partial charge is 0.493 e. The molecule has 7 nitrogen and oxygen atoms in total. The van der Waals surface area contributed by atoms with Crippen LogP contribution in [0.15, 0.2) is 28.9 Å². The zero-order valence-electron chi connectivity index (χ0n) is 13.8. The quantitative estimate of drug-likeness (QED) is 0.875. The number of nitrogens with one attached hydrogen (secondary N) is 2. The van der Waals surface area contributed by atoms with Crippen molar-refractivity contribution in [2.45, 2.75) is 18.8 Å². The lowest BCUT2D eigenvalue weighted by atomic mass is 9.98. The predicted octanol–water partition coefficient (Wildman–Crippen LogP) is 2.41. The Hall–Kier alpha value is -2.54. The molecule has 1 aromatic carbocycles. The van der Waals surface area contributed by atoms with Crippen molar-refractivity contribution in [3.63, 3.8) is 0 Å². The zero-order valence-corrected chi connectivity index (χ0v) is 13.8. The van der Waals surface area contributed by atoms with Crippen molar-refractivity contribution in [1.82, 2.24) is 10.3 Å². The van der Waals surface area contributed by atoms with Crippen molar-refractivity contribution in [1.29, 1.82) is 0 Å². The van der Waals surface area contributed by atoms with Gasteiger partial charge >= 0.3 is 0 Å². The van der Waals surface area contributed by atoms with Gasteiger partial charge in [-0.2, -0.15) is 0 Å². The Morgan fingerprint density at radius 3 is 2.71 bits per heavy atom. The van der Waals surface area contributed by atoms with Gasteiger partial charge in [-0.3, -0.25) is 4.79 Å². The number of oxazole rings is 1. The number of anilines is 1. The van der Waals surface area contributed by atoms with Crippen molar-refractivity contribution in [2.75, 3.05) is 32.6 Å². The van der Waals surface area contributed by atoms with Gasteiger partial charge in [0.2, 0.25) is 0 Å². The zero-order chi connectivity index (χ0) is 16.9. The predicted molar refractivity (Wildman–Crippen MR) is 88.8 cm³/mol. The minimum absolute atomic E-state index is 0.272. The van der Waals surface area contributed by atoms with Crippen LogP contribution in [0.5, 0.6) is 11.5 Å². The Morgan fingerprint density at radius 2 is 2.00 bits per heavy atom. The number of nitrogens with zero attached hydrogens (tertiary/aromatic N) is 1. The molecule has 0 spiro atoms. The van der Waals surface area contributed by atoms with E-state index in [-0.39, 0.29) is 17.5 Å². The summed E-state index contributed by atoms with van der Waals surface area (Å²) < 4.78 is 15.9. The topological polar surface area (TPSA) is 85.6 Å². The van der Waals surface area contributed by atoms with Crippen molar-refractivity contribution < 1.29 is 18.7 Å². The van der Waals surface area contributed by atoms with E-state index in [1.165, 1.54) is 6.26 Å². The molecule has 0 radical (unpaired) electrons. The Kier molecular flexibility index (Phi) is 5.00. The lowest BCUT2D eigenvalue weighted by molar-refractivity contribution is 0.102. The van der Waals surface area contributed by atoms with Gasteiger partial charge in [-0.1, -0.05) is 0 Å². The number of hydrogen-bond acceptors (Lipinski definition) is 6. The summed E-state index contributed by atoms with van der Waals surface area (Å²) in [4.78, 5) is 16.7. The van der Waals surface area contributed by atoms with Crippen LogP contribution in [-0.2, 0) is 0 Å². The second kappa shape index (κ2) is 7.35. The number of amides is 1. The van der Waals surface area contributed by atoms with Gasteiger partial charge in [0, 0.05) is 17.7 Å². The third-order valence-corrected chi connectivity index (χ3v) is 4.08. The minimum atomic E-state index is -0.314. The molecule has 0 bridgehead atoms. The van der Waals surface area contributed by atoms with Gasteiger partial charge in [-0.05, 0) is 38.1 Å². The average molecular weight is 331 g/mol. The van der Waals surface area contributed by atoms with Crippen LogP contribution in [0.25, 0.3) is 0 Å². The minimum Gasteiger partial charge on any atom is -0.493 e. The van der Waals surface area contributed by atoms with Gasteiger partial charge < -0.3 is 24.5 Å². The standard InChI is InChI=1S/C17H21N3O4/c1-22-14-4-3-12(9-15(14)23-2)19-16(21)13-10-24-17(20-13)11-5-7-18-8-6-11/h3-4,9-11,18H,5-8H2,1-2H3,(H,19,21). The van der Waals surface area contributed by atoms with Crippen molar-refractivity contribution >= 4 is 11.6 Å². The van der Waals surface area contributed by atoms with Crippen molar-refractivity contribution in [3.8, 4) is 11.5 Å². The van der Waals surface area contributed by atoms with E-state index in [0.29, 0.717) is 23.1 Å². The number of rotatable bonds is 5. The summed E-state index contributed by atoms with van der Waals surface area (Å²) in [5.41, 5.74) is 0.877. The lowest BCUT2D eigenvalue weighted by Crippen LogP contribution is -2.26. The molecule has 1 aliphatic heterocycles. The molecule has 0 atom stereocenters. The summed E-state index contributed by atoms with van der Waals surface area (Å²) in [6.45, 7) is 1.89. The fourth-order valence-electron chi connectivity index (χ4n) is 2.76. The highest BCUT2D eigenvalue weighted by atomic mass is 16.5. The van der Waals surface area contributed by atoms with E-state index in [9.17, 15) is 4.79 Å². The van der Waals surface area contributed by atoms with Crippen LogP contribution in [0, 0.1) is 0 Å². The van der Waals surface area contributed by atoms with Gasteiger partial charge in [0.25, 0.3) is 5.91 Å². The Morgan fingerprint density at radius 1 is 1.25 bits per heavy atom. The van der Waals surface area contributed by atoms with E-state index < -0.39 is 0 Å². The molecule has 0 aliphatic carbocycles. The van der Waals surface area contributed by atoms with E-state index in [4.69, 9.17) is 13.9 Å². The summed E-state index contributed by atoms with van der Waals surface area (Å²) >= 11 is 0. The lowest BCUT2D eigenvalue weighted by Gasteiger charge is -2.19. The van der Waals surface area contributed by atoms with Crippen LogP contribution < -0.4 is 20.1 Å². The maximum absolute atomic E-state index is 12.3. The summed E-state index contributed by atoms with van der Waals surface area (Å²) in [7, 11) is 3.11. The van der Waals surface area contributed by atoms with Gasteiger partial charge in [-0.25, -0.2) is 4.98 Å². The third kappa shape index (κ3) is 3.51. The van der Waals surface area contributed by atoms with E-state index in [2.05, 4.69) is 15.6 Å². The molecule has 0 unspecified atom stereocenters. The smallest absolute Gasteiger partial charge is 0.277 e. The number of ether oxygens (including phenoxy) is 2. The summed E-state index contributed by atoms with van der Waals surface area (Å²) in [6.07, 6.45) is 3.35. The molecule has 1 aliphatic rings. The molecular weight excluding hydrogens is 310 g/mol. The Balaban J connectivity index is 1.70. The molecule has 3 rings (SSSR count). The van der Waals surface area contributed by atoms with Gasteiger partial charge in [0.1, 0.15) is 6.26 Å². The van der Waals surface area contributed by atoms with E-state index >= 15 is 0 Å². The molecule has 7 heteroatoms. The Labute approximate surface area is 140 Å². The molecular formula is C17H21N3O4. The van der Waals surface area contributed by atoms with Crippen LogP contribution in [0.4, 0.5) is 5.69 Å². The summed E-state index contributed by atoms with van der Waals surface area (Å²) in [5, 5.41) is 6.09. The normalized spacial score (nSPS) is 15.1. The first kappa shape index (κ1) is 16.3. The van der Waals surface area contributed by atoms with Gasteiger partial charge in [0.15, 0.2) is 23.1 Å². The van der Waals surface area contributed by atoms with Crippen LogP contribution in [0.1, 0.15) is 35.1 Å². The second-order valence-electron chi connectivity index (χ2n) is 5.62. The molecule has 1 fully saturated rings. The molecule has 2 heterocycles. The number of methoxy groups -OCH3 is 2. The molecule has 2 aromatic rings. The monoisotopic (exact) mass is 331 g/mol. The first-order chi connectivity index (χ1) is 11.7.